The first-order valence-corrected chi connectivity index (χ1v) is 12.8. The number of benzene rings is 3. The molecule has 0 bridgehead atoms. The highest BCUT2D eigenvalue weighted by Gasteiger charge is 2.23. The maximum atomic E-state index is 5.58. The number of hydrogen-bond acceptors (Lipinski definition) is 8. The van der Waals surface area contributed by atoms with Crippen LogP contribution in [0.1, 0.15) is 19.9 Å². The molecule has 2 heterocycles. The summed E-state index contributed by atoms with van der Waals surface area (Å²) in [7, 11) is 8.10. The molecule has 0 unspecified atom stereocenters. The van der Waals surface area contributed by atoms with Gasteiger partial charge in [-0.25, -0.2) is 15.0 Å². The zero-order valence-electron chi connectivity index (χ0n) is 23.7. The summed E-state index contributed by atoms with van der Waals surface area (Å²) in [6.45, 7) is 4.22. The molecule has 0 spiro atoms. The number of nitrogens with zero attached hydrogens (tertiary/aromatic N) is 4. The van der Waals surface area contributed by atoms with Crippen LogP contribution in [0, 0.1) is 0 Å². The van der Waals surface area contributed by atoms with E-state index in [1.54, 1.807) is 35.5 Å². The first-order valence-electron chi connectivity index (χ1n) is 12.8. The molecule has 206 valence electrons. The lowest BCUT2D eigenvalue weighted by Crippen LogP contribution is -2.05. The van der Waals surface area contributed by atoms with Crippen molar-refractivity contribution in [3.8, 4) is 62.8 Å². The van der Waals surface area contributed by atoms with Crippen molar-refractivity contribution in [3.63, 3.8) is 0 Å². The third-order valence-corrected chi connectivity index (χ3v) is 6.70. The summed E-state index contributed by atoms with van der Waals surface area (Å²) < 4.78 is 29.5. The SMILES string of the molecule is COc1ccc(-c2nc(-c3ccc(OC)c(OC)c3)nc3c2nc(-c2ccc(OC)c(OC)c2)n3C(C)C)cc1. The molecule has 0 amide bonds. The Balaban J connectivity index is 1.81. The number of imidazole rings is 1. The van der Waals surface area contributed by atoms with E-state index in [-0.39, 0.29) is 6.04 Å². The van der Waals surface area contributed by atoms with E-state index < -0.39 is 0 Å². The predicted octanol–water partition coefficient (Wildman–Crippen LogP) is 6.45. The van der Waals surface area contributed by atoms with E-state index in [2.05, 4.69) is 18.4 Å². The molecule has 0 saturated carbocycles. The highest BCUT2D eigenvalue weighted by atomic mass is 16.5. The average Bonchev–Trinajstić information content (AvgIpc) is 3.39. The lowest BCUT2D eigenvalue weighted by Gasteiger charge is -2.15. The Hall–Kier alpha value is -4.79. The Morgan fingerprint density at radius 2 is 1.12 bits per heavy atom. The van der Waals surface area contributed by atoms with Crippen molar-refractivity contribution in [1.82, 2.24) is 19.5 Å². The largest absolute Gasteiger partial charge is 0.497 e. The van der Waals surface area contributed by atoms with Crippen LogP contribution in [0.2, 0.25) is 0 Å². The zero-order chi connectivity index (χ0) is 28.4. The molecule has 0 fully saturated rings. The van der Waals surface area contributed by atoms with Gasteiger partial charge in [-0.15, -0.1) is 0 Å². The van der Waals surface area contributed by atoms with Gasteiger partial charge in [0.15, 0.2) is 34.5 Å². The first kappa shape index (κ1) is 26.8. The molecule has 5 aromatic rings. The van der Waals surface area contributed by atoms with Gasteiger partial charge in [-0.05, 0) is 74.5 Å². The third kappa shape index (κ3) is 4.75. The van der Waals surface area contributed by atoms with Crippen LogP contribution in [0.5, 0.6) is 28.7 Å². The summed E-state index contributed by atoms with van der Waals surface area (Å²) in [5.74, 6) is 4.54. The number of ether oxygens (including phenoxy) is 5. The van der Waals surface area contributed by atoms with Crippen molar-refractivity contribution < 1.29 is 23.7 Å². The van der Waals surface area contributed by atoms with Crippen molar-refractivity contribution >= 4 is 11.2 Å². The Morgan fingerprint density at radius 3 is 1.68 bits per heavy atom. The summed E-state index contributed by atoms with van der Waals surface area (Å²) in [5.41, 5.74) is 4.66. The average molecular weight is 541 g/mol. The summed E-state index contributed by atoms with van der Waals surface area (Å²) >= 11 is 0. The van der Waals surface area contributed by atoms with Crippen LogP contribution < -0.4 is 23.7 Å². The van der Waals surface area contributed by atoms with Crippen molar-refractivity contribution in [2.45, 2.75) is 19.9 Å². The fourth-order valence-corrected chi connectivity index (χ4v) is 4.70. The van der Waals surface area contributed by atoms with Gasteiger partial charge in [0.1, 0.15) is 22.8 Å². The minimum absolute atomic E-state index is 0.0463. The van der Waals surface area contributed by atoms with Gasteiger partial charge in [0.25, 0.3) is 0 Å². The normalized spacial score (nSPS) is 11.1. The Kier molecular flexibility index (Phi) is 7.46. The van der Waals surface area contributed by atoms with Crippen LogP contribution in [-0.2, 0) is 0 Å². The lowest BCUT2D eigenvalue weighted by atomic mass is 10.1. The van der Waals surface area contributed by atoms with E-state index in [9.17, 15) is 0 Å². The van der Waals surface area contributed by atoms with Crippen LogP contribution in [0.15, 0.2) is 60.7 Å². The van der Waals surface area contributed by atoms with Gasteiger partial charge in [0.2, 0.25) is 0 Å². The van der Waals surface area contributed by atoms with Crippen molar-refractivity contribution in [2.24, 2.45) is 0 Å². The van der Waals surface area contributed by atoms with E-state index in [0.717, 1.165) is 28.3 Å². The van der Waals surface area contributed by atoms with Crippen LogP contribution >= 0.6 is 0 Å². The Morgan fingerprint density at radius 1 is 0.575 bits per heavy atom. The van der Waals surface area contributed by atoms with Gasteiger partial charge >= 0.3 is 0 Å². The second-order valence-corrected chi connectivity index (χ2v) is 9.34. The van der Waals surface area contributed by atoms with E-state index in [0.29, 0.717) is 45.7 Å². The van der Waals surface area contributed by atoms with E-state index in [1.165, 1.54) is 0 Å². The van der Waals surface area contributed by atoms with Crippen LogP contribution in [-0.4, -0.2) is 55.1 Å². The minimum Gasteiger partial charge on any atom is -0.497 e. The van der Waals surface area contributed by atoms with Crippen LogP contribution in [0.4, 0.5) is 0 Å². The molecule has 9 nitrogen and oxygen atoms in total. The highest BCUT2D eigenvalue weighted by molar-refractivity contribution is 5.92. The second kappa shape index (κ2) is 11.1. The van der Waals surface area contributed by atoms with Gasteiger partial charge in [0.05, 0.1) is 35.5 Å². The van der Waals surface area contributed by atoms with E-state index in [1.807, 2.05) is 60.7 Å². The smallest absolute Gasteiger partial charge is 0.165 e. The summed E-state index contributed by atoms with van der Waals surface area (Å²) in [5, 5.41) is 0. The minimum atomic E-state index is 0.0463. The molecule has 9 heteroatoms. The number of rotatable bonds is 9. The van der Waals surface area contributed by atoms with Gasteiger partial charge in [-0.2, -0.15) is 0 Å². The summed E-state index contributed by atoms with van der Waals surface area (Å²) in [6.07, 6.45) is 0. The Labute approximate surface area is 233 Å². The third-order valence-electron chi connectivity index (χ3n) is 6.70. The monoisotopic (exact) mass is 540 g/mol. The van der Waals surface area contributed by atoms with Gasteiger partial charge in [-0.1, -0.05) is 0 Å². The number of aromatic nitrogens is 4. The molecular weight excluding hydrogens is 508 g/mol. The second-order valence-electron chi connectivity index (χ2n) is 9.34. The molecule has 0 N–H and O–H groups in total. The molecule has 5 rings (SSSR count). The fraction of sp³-hybridized carbons (Fsp3) is 0.258. The molecule has 0 atom stereocenters. The molecule has 0 aliphatic rings. The quantitative estimate of drug-likeness (QED) is 0.211. The van der Waals surface area contributed by atoms with Crippen LogP contribution in [0.3, 0.4) is 0 Å². The molecule has 0 aliphatic carbocycles. The first-order chi connectivity index (χ1) is 19.4. The molecule has 2 aromatic heterocycles. The van der Waals surface area contributed by atoms with Crippen molar-refractivity contribution in [3.05, 3.63) is 60.7 Å². The highest BCUT2D eigenvalue weighted by Crippen LogP contribution is 2.38. The molecule has 0 radical (unpaired) electrons. The maximum Gasteiger partial charge on any atom is 0.165 e. The van der Waals surface area contributed by atoms with E-state index in [4.69, 9.17) is 38.6 Å². The molecular formula is C31H32N4O5. The predicted molar refractivity (Wildman–Crippen MR) is 155 cm³/mol. The fourth-order valence-electron chi connectivity index (χ4n) is 4.70. The Bertz CT molecular complexity index is 1660. The number of fused-ring (bicyclic) bond motifs is 1. The van der Waals surface area contributed by atoms with Crippen molar-refractivity contribution in [1.29, 1.82) is 0 Å². The zero-order valence-corrected chi connectivity index (χ0v) is 23.7. The number of methoxy groups -OCH3 is 5. The molecule has 40 heavy (non-hydrogen) atoms. The lowest BCUT2D eigenvalue weighted by molar-refractivity contribution is 0.355. The molecule has 0 aliphatic heterocycles. The van der Waals surface area contributed by atoms with E-state index >= 15 is 0 Å². The van der Waals surface area contributed by atoms with Crippen molar-refractivity contribution in [2.75, 3.05) is 35.5 Å². The standard InChI is InChI=1S/C31H32N4O5/c1-18(2)35-30(21-11-15-24(38-5)26(17-21)40-7)33-28-27(19-8-12-22(36-3)13-9-19)32-29(34-31(28)35)20-10-14-23(37-4)25(16-20)39-6/h8-18H,1-7H3. The van der Waals surface area contributed by atoms with Gasteiger partial charge in [0, 0.05) is 22.7 Å². The molecule has 3 aromatic carbocycles. The van der Waals surface area contributed by atoms with Crippen LogP contribution in [0.25, 0.3) is 45.2 Å². The maximum absolute atomic E-state index is 5.58. The summed E-state index contributed by atoms with van der Waals surface area (Å²) in [6, 6.07) is 19.2. The molecule has 0 saturated heterocycles. The van der Waals surface area contributed by atoms with Gasteiger partial charge in [-0.3, -0.25) is 0 Å². The van der Waals surface area contributed by atoms with Gasteiger partial charge < -0.3 is 28.3 Å². The topological polar surface area (TPSA) is 89.8 Å². The number of hydrogen-bond donors (Lipinski definition) is 0. The summed E-state index contributed by atoms with van der Waals surface area (Å²) in [4.78, 5) is 15.2.